The lowest BCUT2D eigenvalue weighted by Crippen LogP contribution is -2.36. The molecule has 1 aliphatic rings. The number of methoxy groups -OCH3 is 4. The van der Waals surface area contributed by atoms with E-state index < -0.39 is 30.1 Å². The zero-order chi connectivity index (χ0) is 21.7. The molecule has 158 valence electrons. The largest absolute Gasteiger partial charge is 0.468 e. The van der Waals surface area contributed by atoms with E-state index in [2.05, 4.69) is 20.9 Å². The van der Waals surface area contributed by atoms with Crippen molar-refractivity contribution in [3.05, 3.63) is 45.1 Å². The second-order valence-electron chi connectivity index (χ2n) is 6.67. The number of carbonyl (C=O) groups is 2. The molecule has 1 heterocycles. The van der Waals surface area contributed by atoms with Gasteiger partial charge in [0, 0.05) is 42.4 Å². The molecule has 0 spiro atoms. The summed E-state index contributed by atoms with van der Waals surface area (Å²) in [5.74, 6) is -2.35. The third kappa shape index (κ3) is 4.94. The molecule has 1 aliphatic heterocycles. The molecule has 0 radical (unpaired) electrons. The highest BCUT2D eigenvalue weighted by atomic mass is 79.9. The van der Waals surface area contributed by atoms with Crippen molar-refractivity contribution in [1.82, 2.24) is 0 Å². The lowest BCUT2D eigenvalue weighted by atomic mass is 9.74. The van der Waals surface area contributed by atoms with E-state index in [-0.39, 0.29) is 0 Å². The summed E-state index contributed by atoms with van der Waals surface area (Å²) in [5, 5.41) is 0. The molecule has 0 saturated carbocycles. The predicted octanol–water partition coefficient (Wildman–Crippen LogP) is 3.40. The van der Waals surface area contributed by atoms with Crippen LogP contribution >= 0.6 is 15.9 Å². The number of ether oxygens (including phenoxy) is 4. The number of aliphatic imine (C=N–C) groups is 1. The normalized spacial score (nSPS) is 19.2. The monoisotopic (exact) mass is 467 g/mol. The number of allylic oxidation sites excluding steroid dienone is 1. The molecule has 7 nitrogen and oxygen atoms in total. The Morgan fingerprint density at radius 3 is 2.31 bits per heavy atom. The molecule has 0 aliphatic carbocycles. The lowest BCUT2D eigenvalue weighted by Gasteiger charge is -2.32. The van der Waals surface area contributed by atoms with Crippen molar-refractivity contribution in [2.24, 2.45) is 10.9 Å². The van der Waals surface area contributed by atoms with E-state index in [1.165, 1.54) is 14.2 Å². The highest BCUT2D eigenvalue weighted by Gasteiger charge is 2.43. The molecule has 1 aromatic carbocycles. The molecule has 2 unspecified atom stereocenters. The molecule has 0 saturated heterocycles. The first-order valence-electron chi connectivity index (χ1n) is 9.04. The van der Waals surface area contributed by atoms with E-state index in [1.54, 1.807) is 28.1 Å². The van der Waals surface area contributed by atoms with Crippen LogP contribution in [0.4, 0.5) is 0 Å². The summed E-state index contributed by atoms with van der Waals surface area (Å²) in [7, 11) is 5.76. The van der Waals surface area contributed by atoms with Crippen LogP contribution in [0.25, 0.3) is 0 Å². The summed E-state index contributed by atoms with van der Waals surface area (Å²) in [4.78, 5) is 29.8. The fraction of sp³-hybridized carbons (Fsp3) is 0.476. The van der Waals surface area contributed by atoms with Gasteiger partial charge in [-0.05, 0) is 37.1 Å². The quantitative estimate of drug-likeness (QED) is 0.451. The van der Waals surface area contributed by atoms with E-state index >= 15 is 0 Å². The minimum Gasteiger partial charge on any atom is -0.468 e. The maximum absolute atomic E-state index is 12.7. The van der Waals surface area contributed by atoms with Crippen molar-refractivity contribution >= 4 is 33.6 Å². The van der Waals surface area contributed by atoms with Crippen molar-refractivity contribution in [3.8, 4) is 0 Å². The molecule has 0 aromatic heterocycles. The molecule has 0 fully saturated rings. The summed E-state index contributed by atoms with van der Waals surface area (Å²) in [6.07, 6.45) is -0.0554. The second kappa shape index (κ2) is 10.1. The zero-order valence-electron chi connectivity index (χ0n) is 17.4. The van der Waals surface area contributed by atoms with Gasteiger partial charge in [-0.2, -0.15) is 0 Å². The Bertz CT molecular complexity index is 844. The highest BCUT2D eigenvalue weighted by Crippen LogP contribution is 2.42. The Hall–Kier alpha value is -2.03. The van der Waals surface area contributed by atoms with Crippen LogP contribution in [-0.2, 0) is 35.0 Å². The van der Waals surface area contributed by atoms with Crippen molar-refractivity contribution in [3.63, 3.8) is 0 Å². The van der Waals surface area contributed by atoms with Crippen LogP contribution in [0, 0.1) is 5.92 Å². The second-order valence-corrected chi connectivity index (χ2v) is 7.59. The molecule has 2 atom stereocenters. The van der Waals surface area contributed by atoms with E-state index in [0.717, 1.165) is 15.6 Å². The van der Waals surface area contributed by atoms with Crippen molar-refractivity contribution in [2.75, 3.05) is 28.4 Å². The summed E-state index contributed by atoms with van der Waals surface area (Å²) in [5.41, 5.74) is 3.09. The smallest absolute Gasteiger partial charge is 0.336 e. The molecule has 0 N–H and O–H groups in total. The van der Waals surface area contributed by atoms with Crippen LogP contribution in [0.1, 0.15) is 30.9 Å². The molecule has 29 heavy (non-hydrogen) atoms. The zero-order valence-corrected chi connectivity index (χ0v) is 19.0. The Morgan fingerprint density at radius 2 is 1.76 bits per heavy atom. The first-order valence-corrected chi connectivity index (χ1v) is 9.84. The van der Waals surface area contributed by atoms with Gasteiger partial charge in [0.1, 0.15) is 5.92 Å². The van der Waals surface area contributed by atoms with Crippen LogP contribution in [0.15, 0.2) is 38.9 Å². The highest BCUT2D eigenvalue weighted by molar-refractivity contribution is 9.10. The van der Waals surface area contributed by atoms with E-state index in [4.69, 9.17) is 18.9 Å². The van der Waals surface area contributed by atoms with Gasteiger partial charge in [0.25, 0.3) is 0 Å². The SMILES string of the molecule is COC(=O)C1=C(C)N=C(C)C(C(=O)OC)C1c1ccc(Br)cc1CC(OC)OC. The lowest BCUT2D eigenvalue weighted by molar-refractivity contribution is -0.143. The molecule has 0 bridgehead atoms. The molecule has 0 amide bonds. The van der Waals surface area contributed by atoms with E-state index in [9.17, 15) is 9.59 Å². The van der Waals surface area contributed by atoms with Gasteiger partial charge in [0.05, 0.1) is 19.8 Å². The number of hydrogen-bond acceptors (Lipinski definition) is 7. The number of esters is 2. The van der Waals surface area contributed by atoms with Gasteiger partial charge in [-0.25, -0.2) is 4.79 Å². The van der Waals surface area contributed by atoms with Crippen LogP contribution < -0.4 is 0 Å². The Kier molecular flexibility index (Phi) is 8.13. The summed E-state index contributed by atoms with van der Waals surface area (Å²) in [6.45, 7) is 3.50. The van der Waals surface area contributed by atoms with Gasteiger partial charge in [-0.1, -0.05) is 22.0 Å². The first-order chi connectivity index (χ1) is 13.8. The average molecular weight is 468 g/mol. The third-order valence-electron chi connectivity index (χ3n) is 5.04. The maximum atomic E-state index is 12.7. The maximum Gasteiger partial charge on any atom is 0.336 e. The van der Waals surface area contributed by atoms with Crippen molar-refractivity contribution < 1.29 is 28.5 Å². The summed E-state index contributed by atoms with van der Waals surface area (Å²) >= 11 is 3.49. The van der Waals surface area contributed by atoms with Gasteiger partial charge in [0.2, 0.25) is 0 Å². The van der Waals surface area contributed by atoms with E-state index in [0.29, 0.717) is 23.4 Å². The fourth-order valence-electron chi connectivity index (χ4n) is 3.68. The fourth-order valence-corrected chi connectivity index (χ4v) is 4.09. The third-order valence-corrected chi connectivity index (χ3v) is 5.53. The topological polar surface area (TPSA) is 83.4 Å². The van der Waals surface area contributed by atoms with Gasteiger partial charge in [-0.15, -0.1) is 0 Å². The number of benzene rings is 1. The van der Waals surface area contributed by atoms with Crippen LogP contribution in [-0.4, -0.2) is 52.4 Å². The Balaban J connectivity index is 2.73. The van der Waals surface area contributed by atoms with Gasteiger partial charge < -0.3 is 18.9 Å². The number of rotatable bonds is 7. The molecular weight excluding hydrogens is 442 g/mol. The Labute approximate surface area is 179 Å². The summed E-state index contributed by atoms with van der Waals surface area (Å²) in [6, 6.07) is 5.68. The van der Waals surface area contributed by atoms with Crippen LogP contribution in [0.3, 0.4) is 0 Å². The number of halogens is 1. The van der Waals surface area contributed by atoms with Crippen LogP contribution in [0.5, 0.6) is 0 Å². The number of nitrogens with zero attached hydrogens (tertiary/aromatic N) is 1. The average Bonchev–Trinajstić information content (AvgIpc) is 2.70. The Morgan fingerprint density at radius 1 is 1.10 bits per heavy atom. The summed E-state index contributed by atoms with van der Waals surface area (Å²) < 4.78 is 21.6. The standard InChI is InChI=1S/C21H26BrNO6/c1-11-17(20(24)28-5)19(18(12(2)23-11)21(25)29-6)15-8-7-14(22)9-13(15)10-16(26-3)27-4/h7-9,16-17,19H,10H2,1-6H3. The molecule has 2 rings (SSSR count). The predicted molar refractivity (Wildman–Crippen MR) is 112 cm³/mol. The van der Waals surface area contributed by atoms with Crippen molar-refractivity contribution in [2.45, 2.75) is 32.5 Å². The van der Waals surface area contributed by atoms with E-state index in [1.807, 2.05) is 18.2 Å². The minimum absolute atomic E-state index is 0.337. The molecule has 8 heteroatoms. The number of hydrogen-bond donors (Lipinski definition) is 0. The van der Waals surface area contributed by atoms with Crippen LogP contribution in [0.2, 0.25) is 0 Å². The van der Waals surface area contributed by atoms with Gasteiger partial charge in [0.15, 0.2) is 6.29 Å². The van der Waals surface area contributed by atoms with Gasteiger partial charge >= 0.3 is 11.9 Å². The van der Waals surface area contributed by atoms with Gasteiger partial charge in [-0.3, -0.25) is 9.79 Å². The first kappa shape index (κ1) is 23.3. The number of carbonyl (C=O) groups excluding carboxylic acids is 2. The minimum atomic E-state index is -0.749. The molecular formula is C21H26BrNO6. The van der Waals surface area contributed by atoms with Crippen molar-refractivity contribution in [1.29, 1.82) is 0 Å². The molecule has 1 aromatic rings.